The third-order valence-corrected chi connectivity index (χ3v) is 6.09. The van der Waals surface area contributed by atoms with Crippen molar-refractivity contribution in [1.29, 1.82) is 0 Å². The van der Waals surface area contributed by atoms with Crippen molar-refractivity contribution >= 4 is 33.5 Å². The molecular weight excluding hydrogens is 322 g/mol. The number of nitrogens with one attached hydrogen (secondary N) is 1. The van der Waals surface area contributed by atoms with E-state index in [2.05, 4.69) is 26.1 Å². The number of amides is 1. The second kappa shape index (κ2) is 11.2. The Bertz CT molecular complexity index is 349. The molecule has 0 aliphatic rings. The maximum Gasteiger partial charge on any atom is 0.320 e. The lowest BCUT2D eigenvalue weighted by molar-refractivity contribution is -0.138. The molecule has 0 rings (SSSR count). The van der Waals surface area contributed by atoms with Crippen LogP contribution in [0.4, 0.5) is 0 Å². The summed E-state index contributed by atoms with van der Waals surface area (Å²) in [6, 6.07) is -1.32. The van der Waals surface area contributed by atoms with Crippen molar-refractivity contribution < 1.29 is 14.7 Å². The monoisotopic (exact) mass is 351 g/mol. The van der Waals surface area contributed by atoms with E-state index in [9.17, 15) is 9.59 Å². The van der Waals surface area contributed by atoms with Gasteiger partial charge in [0.05, 0.1) is 6.04 Å². The van der Waals surface area contributed by atoms with E-state index in [1.165, 1.54) is 0 Å². The van der Waals surface area contributed by atoms with Crippen molar-refractivity contribution in [2.45, 2.75) is 63.3 Å². The third kappa shape index (κ3) is 12.1. The van der Waals surface area contributed by atoms with Gasteiger partial charge in [-0.3, -0.25) is 9.59 Å². The standard InChI is InChI=1S/C14H29N3O3S2/c1-14(2,3)22-21-9-7-10(15)12(18)17-8-5-4-6-11(16)13(19)20/h10-11H,4-9,15-16H2,1-3H3,(H,17,18)(H,19,20)/t10-,11-/m0/s1. The Balaban J connectivity index is 3.64. The molecule has 6 nitrogen and oxygen atoms in total. The first-order valence-electron chi connectivity index (χ1n) is 7.46. The number of hydrogen-bond donors (Lipinski definition) is 4. The van der Waals surface area contributed by atoms with Crippen molar-refractivity contribution in [3.63, 3.8) is 0 Å². The first-order valence-corrected chi connectivity index (χ1v) is 9.77. The first kappa shape index (κ1) is 21.6. The summed E-state index contributed by atoms with van der Waals surface area (Å²) in [5.74, 6) is -0.301. The average Bonchev–Trinajstić information content (AvgIpc) is 2.41. The summed E-state index contributed by atoms with van der Waals surface area (Å²) in [7, 11) is 3.52. The van der Waals surface area contributed by atoms with Crippen molar-refractivity contribution in [2.24, 2.45) is 11.5 Å². The number of rotatable bonds is 11. The Morgan fingerprint density at radius 2 is 1.77 bits per heavy atom. The minimum Gasteiger partial charge on any atom is -0.480 e. The predicted octanol–water partition coefficient (Wildman–Crippen LogP) is 1.58. The highest BCUT2D eigenvalue weighted by atomic mass is 33.1. The molecule has 6 N–H and O–H groups in total. The highest BCUT2D eigenvalue weighted by molar-refractivity contribution is 8.77. The van der Waals surface area contributed by atoms with Gasteiger partial charge in [-0.15, -0.1) is 0 Å². The fraction of sp³-hybridized carbons (Fsp3) is 0.857. The number of unbranched alkanes of at least 4 members (excludes halogenated alkanes) is 1. The number of carboxylic acid groups (broad SMARTS) is 1. The maximum absolute atomic E-state index is 11.8. The normalized spacial score (nSPS) is 14.4. The van der Waals surface area contributed by atoms with Gasteiger partial charge in [-0.05, 0) is 25.7 Å². The number of nitrogens with two attached hydrogens (primary N) is 2. The Labute approximate surface area is 140 Å². The molecule has 0 spiro atoms. The molecule has 0 saturated carbocycles. The lowest BCUT2D eigenvalue weighted by Crippen LogP contribution is -2.41. The van der Waals surface area contributed by atoms with E-state index < -0.39 is 18.1 Å². The van der Waals surface area contributed by atoms with Crippen LogP contribution in [0.5, 0.6) is 0 Å². The first-order chi connectivity index (χ1) is 10.1. The van der Waals surface area contributed by atoms with Crippen LogP contribution >= 0.6 is 21.6 Å². The summed E-state index contributed by atoms with van der Waals surface area (Å²) < 4.78 is 0.202. The summed E-state index contributed by atoms with van der Waals surface area (Å²) in [5.41, 5.74) is 11.2. The zero-order valence-electron chi connectivity index (χ0n) is 13.6. The van der Waals surface area contributed by atoms with E-state index >= 15 is 0 Å². The molecule has 0 aliphatic heterocycles. The summed E-state index contributed by atoms with van der Waals surface area (Å²) in [5, 5.41) is 11.4. The fourth-order valence-electron chi connectivity index (χ4n) is 1.48. The molecular formula is C14H29N3O3S2. The fourth-order valence-corrected chi connectivity index (χ4v) is 3.87. The third-order valence-electron chi connectivity index (χ3n) is 2.72. The second-order valence-electron chi connectivity index (χ2n) is 6.14. The van der Waals surface area contributed by atoms with Crippen LogP contribution in [-0.4, -0.2) is 46.1 Å². The van der Waals surface area contributed by atoms with Gasteiger partial charge in [0.2, 0.25) is 5.91 Å². The number of carbonyl (C=O) groups excluding carboxylic acids is 1. The summed E-state index contributed by atoms with van der Waals surface area (Å²) in [4.78, 5) is 22.3. The highest BCUT2D eigenvalue weighted by Gasteiger charge is 2.15. The molecule has 0 aromatic rings. The van der Waals surface area contributed by atoms with Crippen LogP contribution in [0.25, 0.3) is 0 Å². The molecule has 130 valence electrons. The molecule has 0 bridgehead atoms. The van der Waals surface area contributed by atoms with E-state index in [-0.39, 0.29) is 10.7 Å². The van der Waals surface area contributed by atoms with Gasteiger partial charge in [0.1, 0.15) is 6.04 Å². The van der Waals surface area contributed by atoms with Gasteiger partial charge in [0.25, 0.3) is 0 Å². The predicted molar refractivity (Wildman–Crippen MR) is 94.9 cm³/mol. The van der Waals surface area contributed by atoms with Crippen LogP contribution in [0.15, 0.2) is 0 Å². The number of carbonyl (C=O) groups is 2. The quantitative estimate of drug-likeness (QED) is 0.330. The summed E-state index contributed by atoms with van der Waals surface area (Å²) >= 11 is 0. The Morgan fingerprint density at radius 3 is 2.32 bits per heavy atom. The molecule has 0 heterocycles. The molecule has 22 heavy (non-hydrogen) atoms. The number of carboxylic acids is 1. The second-order valence-corrected chi connectivity index (χ2v) is 9.39. The molecule has 0 aliphatic carbocycles. The summed E-state index contributed by atoms with van der Waals surface area (Å²) in [6.45, 7) is 6.94. The molecule has 2 atom stereocenters. The lowest BCUT2D eigenvalue weighted by Gasteiger charge is -2.17. The van der Waals surface area contributed by atoms with Crippen LogP contribution < -0.4 is 16.8 Å². The van der Waals surface area contributed by atoms with Crippen molar-refractivity contribution in [2.75, 3.05) is 12.3 Å². The topological polar surface area (TPSA) is 118 Å². The Kier molecular flexibility index (Phi) is 10.9. The molecule has 0 aromatic carbocycles. The van der Waals surface area contributed by atoms with Gasteiger partial charge in [-0.1, -0.05) is 42.4 Å². The highest BCUT2D eigenvalue weighted by Crippen LogP contribution is 2.35. The SMILES string of the molecule is CC(C)(C)SSCC[C@H](N)C(=O)NCCCC[C@H](N)C(=O)O. The zero-order chi connectivity index (χ0) is 17.2. The van der Waals surface area contributed by atoms with E-state index in [0.29, 0.717) is 32.2 Å². The van der Waals surface area contributed by atoms with E-state index in [4.69, 9.17) is 16.6 Å². The smallest absolute Gasteiger partial charge is 0.320 e. The molecule has 0 radical (unpaired) electrons. The zero-order valence-corrected chi connectivity index (χ0v) is 15.3. The van der Waals surface area contributed by atoms with Crippen molar-refractivity contribution in [3.8, 4) is 0 Å². The van der Waals surface area contributed by atoms with Crippen LogP contribution in [0.3, 0.4) is 0 Å². The van der Waals surface area contributed by atoms with Gasteiger partial charge in [-0.2, -0.15) is 0 Å². The van der Waals surface area contributed by atoms with Gasteiger partial charge in [0, 0.05) is 17.0 Å². The average molecular weight is 352 g/mol. The van der Waals surface area contributed by atoms with Crippen LogP contribution in [0.2, 0.25) is 0 Å². The Morgan fingerprint density at radius 1 is 1.14 bits per heavy atom. The van der Waals surface area contributed by atoms with Gasteiger partial charge < -0.3 is 21.9 Å². The van der Waals surface area contributed by atoms with Crippen molar-refractivity contribution in [3.05, 3.63) is 0 Å². The Hall–Kier alpha value is -0.440. The van der Waals surface area contributed by atoms with Gasteiger partial charge in [-0.25, -0.2) is 0 Å². The minimum absolute atomic E-state index is 0.149. The van der Waals surface area contributed by atoms with Crippen LogP contribution in [-0.2, 0) is 9.59 Å². The molecule has 0 aromatic heterocycles. The molecule has 8 heteroatoms. The van der Waals surface area contributed by atoms with Crippen LogP contribution in [0, 0.1) is 0 Å². The molecule has 0 saturated heterocycles. The number of aliphatic carboxylic acids is 1. The lowest BCUT2D eigenvalue weighted by atomic mass is 10.1. The number of hydrogen-bond acceptors (Lipinski definition) is 6. The van der Waals surface area contributed by atoms with Crippen LogP contribution in [0.1, 0.15) is 46.5 Å². The van der Waals surface area contributed by atoms with E-state index in [0.717, 1.165) is 5.75 Å². The van der Waals surface area contributed by atoms with Crippen molar-refractivity contribution in [1.82, 2.24) is 5.32 Å². The summed E-state index contributed by atoms with van der Waals surface area (Å²) in [6.07, 6.45) is 2.43. The van der Waals surface area contributed by atoms with Gasteiger partial charge in [0.15, 0.2) is 0 Å². The van der Waals surface area contributed by atoms with E-state index in [1.807, 2.05) is 0 Å². The van der Waals surface area contributed by atoms with Gasteiger partial charge >= 0.3 is 5.97 Å². The minimum atomic E-state index is -0.989. The molecule has 0 unspecified atom stereocenters. The van der Waals surface area contributed by atoms with E-state index in [1.54, 1.807) is 21.6 Å². The maximum atomic E-state index is 11.8. The largest absolute Gasteiger partial charge is 0.480 e. The molecule has 0 fully saturated rings. The molecule has 1 amide bonds.